The maximum absolute atomic E-state index is 12.4. The highest BCUT2D eigenvalue weighted by atomic mass is 32.1. The molecule has 136 valence electrons. The van der Waals surface area contributed by atoms with E-state index in [1.165, 1.54) is 0 Å². The number of nitrogens with zero attached hydrogens (tertiary/aromatic N) is 1. The number of ether oxygens (including phenoxy) is 1. The summed E-state index contributed by atoms with van der Waals surface area (Å²) in [6, 6.07) is 5.90. The summed E-state index contributed by atoms with van der Waals surface area (Å²) in [6.07, 6.45) is 2.59. The molecule has 0 unspecified atom stereocenters. The molecule has 6 rings (SSSR count). The van der Waals surface area contributed by atoms with Crippen LogP contribution in [0.3, 0.4) is 0 Å². The van der Waals surface area contributed by atoms with E-state index in [4.69, 9.17) is 9.84 Å². The summed E-state index contributed by atoms with van der Waals surface area (Å²) in [7, 11) is 0. The van der Waals surface area contributed by atoms with Crippen LogP contribution < -0.4 is 15.4 Å². The Morgan fingerprint density at radius 1 is 1.19 bits per heavy atom. The Kier molecular flexibility index (Phi) is 3.25. The van der Waals surface area contributed by atoms with Crippen molar-refractivity contribution in [3.8, 4) is 5.75 Å². The van der Waals surface area contributed by atoms with Gasteiger partial charge < -0.3 is 20.5 Å². The quantitative estimate of drug-likeness (QED) is 0.748. The third kappa shape index (κ3) is 2.43. The van der Waals surface area contributed by atoms with E-state index in [9.17, 15) is 9.59 Å². The van der Waals surface area contributed by atoms with Crippen LogP contribution in [-0.4, -0.2) is 39.3 Å². The molecule has 2 aromatic rings. The van der Waals surface area contributed by atoms with Crippen molar-refractivity contribution >= 4 is 33.6 Å². The summed E-state index contributed by atoms with van der Waals surface area (Å²) in [5.74, 6) is 0.834. The molecule has 0 aliphatic heterocycles. The van der Waals surface area contributed by atoms with Gasteiger partial charge in [0.2, 0.25) is 5.91 Å². The van der Waals surface area contributed by atoms with Gasteiger partial charge in [-0.1, -0.05) is 6.07 Å². The smallest absolute Gasteiger partial charge is 0.405 e. The first-order chi connectivity index (χ1) is 12.5. The van der Waals surface area contributed by atoms with Gasteiger partial charge in [-0.15, -0.1) is 11.3 Å². The van der Waals surface area contributed by atoms with Crippen LogP contribution >= 0.6 is 11.3 Å². The minimum absolute atomic E-state index is 0.0213. The highest BCUT2D eigenvalue weighted by Gasteiger charge is 2.69. The van der Waals surface area contributed by atoms with Gasteiger partial charge in [-0.3, -0.25) is 4.79 Å². The normalized spacial score (nSPS) is 34.2. The molecule has 2 bridgehead atoms. The number of nitrogens with one attached hydrogen (secondary N) is 2. The molecular formula is C18H19N3O4S. The van der Waals surface area contributed by atoms with E-state index in [0.717, 1.165) is 16.0 Å². The van der Waals surface area contributed by atoms with Crippen molar-refractivity contribution in [2.45, 2.75) is 49.3 Å². The molecule has 7 nitrogen and oxygen atoms in total. The third-order valence-electron chi connectivity index (χ3n) is 5.87. The van der Waals surface area contributed by atoms with Crippen LogP contribution in [0.5, 0.6) is 5.75 Å². The average molecular weight is 373 g/mol. The van der Waals surface area contributed by atoms with Gasteiger partial charge in [-0.2, -0.15) is 0 Å². The zero-order valence-corrected chi connectivity index (χ0v) is 14.8. The lowest BCUT2D eigenvalue weighted by molar-refractivity contribution is -0.148. The van der Waals surface area contributed by atoms with Gasteiger partial charge >= 0.3 is 6.09 Å². The Labute approximate surface area is 153 Å². The molecule has 0 radical (unpaired) electrons. The molecule has 8 heteroatoms. The fraction of sp³-hybridized carbons (Fsp3) is 0.500. The number of carboxylic acid groups (broad SMARTS) is 1. The number of carbonyl (C=O) groups excluding carboxylic acids is 1. The molecule has 3 N–H and O–H groups in total. The van der Waals surface area contributed by atoms with Gasteiger partial charge in [0.15, 0.2) is 0 Å². The molecule has 0 spiro atoms. The average Bonchev–Trinajstić information content (AvgIpc) is 2.95. The van der Waals surface area contributed by atoms with E-state index in [0.29, 0.717) is 32.1 Å². The molecule has 1 aromatic heterocycles. The number of rotatable bonds is 5. The summed E-state index contributed by atoms with van der Waals surface area (Å²) < 4.78 is 7.13. The summed E-state index contributed by atoms with van der Waals surface area (Å²) in [5, 5.41) is 14.5. The Bertz CT molecular complexity index is 885. The summed E-state index contributed by atoms with van der Waals surface area (Å²) in [4.78, 5) is 27.5. The third-order valence-corrected chi connectivity index (χ3v) is 6.67. The molecular weight excluding hydrogens is 354 g/mol. The number of fused-ring (bicyclic) bond motifs is 1. The van der Waals surface area contributed by atoms with E-state index in [2.05, 4.69) is 15.6 Å². The highest BCUT2D eigenvalue weighted by Crippen LogP contribution is 2.60. The van der Waals surface area contributed by atoms with Crippen molar-refractivity contribution in [3.05, 3.63) is 23.7 Å². The minimum Gasteiger partial charge on any atom is -0.488 e. The fourth-order valence-electron chi connectivity index (χ4n) is 4.65. The van der Waals surface area contributed by atoms with Crippen molar-refractivity contribution in [3.63, 3.8) is 0 Å². The van der Waals surface area contributed by atoms with Crippen molar-refractivity contribution in [2.24, 2.45) is 5.92 Å². The van der Waals surface area contributed by atoms with Gasteiger partial charge in [-0.05, 0) is 44.2 Å². The lowest BCUT2D eigenvalue weighted by Crippen LogP contribution is -2.84. The van der Waals surface area contributed by atoms with E-state index in [-0.39, 0.29) is 29.0 Å². The maximum Gasteiger partial charge on any atom is 0.405 e. The lowest BCUT2D eigenvalue weighted by atomic mass is 9.44. The number of aromatic nitrogens is 1. The number of thiazole rings is 1. The number of carbonyl (C=O) groups is 2. The second-order valence-corrected chi connectivity index (χ2v) is 8.76. The van der Waals surface area contributed by atoms with Gasteiger partial charge in [0, 0.05) is 11.5 Å². The number of hydrogen-bond donors (Lipinski definition) is 3. The van der Waals surface area contributed by atoms with Gasteiger partial charge in [-0.25, -0.2) is 9.78 Å². The van der Waals surface area contributed by atoms with Crippen LogP contribution in [0.4, 0.5) is 4.79 Å². The Hall–Kier alpha value is -2.35. The van der Waals surface area contributed by atoms with Crippen LogP contribution in [0.15, 0.2) is 23.7 Å². The molecule has 1 aromatic carbocycles. The van der Waals surface area contributed by atoms with Crippen molar-refractivity contribution in [1.29, 1.82) is 0 Å². The highest BCUT2D eigenvalue weighted by molar-refractivity contribution is 7.16. The van der Waals surface area contributed by atoms with Gasteiger partial charge in [0.25, 0.3) is 0 Å². The van der Waals surface area contributed by atoms with Gasteiger partial charge in [0.05, 0.1) is 15.7 Å². The molecule has 0 saturated heterocycles. The van der Waals surface area contributed by atoms with E-state index < -0.39 is 6.09 Å². The summed E-state index contributed by atoms with van der Waals surface area (Å²) in [6.45, 7) is 0. The van der Waals surface area contributed by atoms with E-state index in [1.807, 2.05) is 23.7 Å². The van der Waals surface area contributed by atoms with Crippen molar-refractivity contribution < 1.29 is 19.4 Å². The van der Waals surface area contributed by atoms with Crippen LogP contribution in [0, 0.1) is 5.92 Å². The first-order valence-corrected chi connectivity index (χ1v) is 9.66. The summed E-state index contributed by atoms with van der Waals surface area (Å²) >= 11 is 1.59. The van der Waals surface area contributed by atoms with Crippen LogP contribution in [0.1, 0.15) is 32.1 Å². The predicted molar refractivity (Wildman–Crippen MR) is 95.4 cm³/mol. The van der Waals surface area contributed by atoms with Gasteiger partial charge in [0.1, 0.15) is 17.4 Å². The van der Waals surface area contributed by atoms with Crippen LogP contribution in [-0.2, 0) is 4.79 Å². The SMILES string of the molecule is O=C(O)NC12CC(NC(=O)[C@H]3C[C@H](Oc4cccc5scnc45)C3)(C1)C2. The largest absolute Gasteiger partial charge is 0.488 e. The summed E-state index contributed by atoms with van der Waals surface area (Å²) in [5.41, 5.74) is 2.22. The van der Waals surface area contributed by atoms with E-state index >= 15 is 0 Å². The topological polar surface area (TPSA) is 101 Å². The lowest BCUT2D eigenvalue weighted by Gasteiger charge is -2.70. The van der Waals surface area contributed by atoms with Crippen LogP contribution in [0.25, 0.3) is 10.2 Å². The molecule has 4 aliphatic carbocycles. The first-order valence-electron chi connectivity index (χ1n) is 8.78. The van der Waals surface area contributed by atoms with E-state index in [1.54, 1.807) is 11.3 Å². The maximum atomic E-state index is 12.4. The molecule has 26 heavy (non-hydrogen) atoms. The minimum atomic E-state index is -0.987. The van der Waals surface area contributed by atoms with Crippen LogP contribution in [0.2, 0.25) is 0 Å². The second-order valence-electron chi connectivity index (χ2n) is 7.87. The monoisotopic (exact) mass is 373 g/mol. The number of amides is 2. The number of para-hydroxylation sites is 1. The standard InChI is InChI=1S/C18H19N3O4S/c22-15(20-17-6-18(7-17,8-17)21-16(23)24)10-4-11(5-10)25-12-2-1-3-13-14(12)19-9-26-13/h1-3,9-11,21H,4-8H2,(H,20,22)(H,23,24)/t10-,11-,17?,18?. The Balaban J connectivity index is 1.12. The molecule has 1 heterocycles. The molecule has 4 saturated carbocycles. The zero-order chi connectivity index (χ0) is 17.9. The predicted octanol–water partition coefficient (Wildman–Crippen LogP) is 2.51. The molecule has 4 aliphatic rings. The van der Waals surface area contributed by atoms with Crippen molar-refractivity contribution in [1.82, 2.24) is 15.6 Å². The molecule has 2 amide bonds. The fourth-order valence-corrected chi connectivity index (χ4v) is 5.35. The first kappa shape index (κ1) is 15.9. The zero-order valence-electron chi connectivity index (χ0n) is 14.0. The van der Waals surface area contributed by atoms with Crippen molar-refractivity contribution in [2.75, 3.05) is 0 Å². The number of hydrogen-bond acceptors (Lipinski definition) is 5. The number of benzene rings is 1. The molecule has 0 atom stereocenters. The Morgan fingerprint density at radius 3 is 2.65 bits per heavy atom. The molecule has 4 fully saturated rings. The second kappa shape index (κ2) is 5.33. The Morgan fingerprint density at radius 2 is 1.92 bits per heavy atom.